The van der Waals surface area contributed by atoms with Crippen LogP contribution in [0.1, 0.15) is 0 Å². The van der Waals surface area contributed by atoms with Gasteiger partial charge in [0.2, 0.25) is 0 Å². The zero-order valence-corrected chi connectivity index (χ0v) is 10.1. The molecule has 6 nitrogen and oxygen atoms in total. The van der Waals surface area contributed by atoms with Crippen LogP contribution in [0, 0.1) is 0 Å². The summed E-state index contributed by atoms with van der Waals surface area (Å²) < 4.78 is 0. The molecule has 0 aromatic rings. The molecule has 14 heavy (non-hydrogen) atoms. The first-order valence-electron chi connectivity index (χ1n) is 3.65. The van der Waals surface area contributed by atoms with Crippen LogP contribution < -0.4 is 0 Å². The Hall–Kier alpha value is 0.720. The highest BCUT2D eigenvalue weighted by molar-refractivity contribution is 9.09. The predicted octanol–water partition coefficient (Wildman–Crippen LogP) is -2.14. The first-order valence-corrected chi connectivity index (χ1v) is 5.48. The highest BCUT2D eigenvalue weighted by Gasteiger charge is 2.35. The van der Waals surface area contributed by atoms with Gasteiger partial charge in [-0.2, -0.15) is 0 Å². The topological polar surface area (TPSA) is 121 Å². The average Bonchev–Trinajstić information content (AvgIpc) is 2.12. The normalized spacial score (nSPS) is 24.9. The fourth-order valence-corrected chi connectivity index (χ4v) is 1.35. The summed E-state index contributed by atoms with van der Waals surface area (Å²) in [6.45, 7) is 0. The third-order valence-electron chi connectivity index (χ3n) is 1.61. The third-order valence-corrected chi connectivity index (χ3v) is 2.70. The minimum atomic E-state index is -1.79. The van der Waals surface area contributed by atoms with Crippen molar-refractivity contribution >= 4 is 31.9 Å². The van der Waals surface area contributed by atoms with E-state index in [0.29, 0.717) is 0 Å². The molecular weight excluding hydrogens is 328 g/mol. The van der Waals surface area contributed by atoms with Gasteiger partial charge in [-0.25, -0.2) is 0 Å². The molecule has 0 spiro atoms. The zero-order valence-electron chi connectivity index (χ0n) is 6.90. The Kier molecular flexibility index (Phi) is 6.66. The van der Waals surface area contributed by atoms with Gasteiger partial charge in [0, 0.05) is 0 Å². The predicted molar refractivity (Wildman–Crippen MR) is 53.9 cm³/mol. The van der Waals surface area contributed by atoms with Gasteiger partial charge < -0.3 is 30.6 Å². The van der Waals surface area contributed by atoms with E-state index in [-0.39, 0.29) is 0 Å². The van der Waals surface area contributed by atoms with Crippen molar-refractivity contribution in [2.45, 2.75) is 34.4 Å². The summed E-state index contributed by atoms with van der Waals surface area (Å²) >= 11 is 5.15. The number of rotatable bonds is 5. The van der Waals surface area contributed by atoms with Crippen molar-refractivity contribution in [3.05, 3.63) is 0 Å². The maximum Gasteiger partial charge on any atom is 0.137 e. The smallest absolute Gasteiger partial charge is 0.137 e. The molecule has 6 N–H and O–H groups in total. The number of alkyl halides is 2. The maximum atomic E-state index is 9.19. The van der Waals surface area contributed by atoms with Crippen LogP contribution >= 0.6 is 31.9 Å². The van der Waals surface area contributed by atoms with Crippen LogP contribution in [-0.2, 0) is 0 Å². The van der Waals surface area contributed by atoms with Crippen molar-refractivity contribution < 1.29 is 30.6 Å². The van der Waals surface area contributed by atoms with Crippen LogP contribution in [-0.4, -0.2) is 65.1 Å². The molecule has 0 aliphatic carbocycles. The van der Waals surface area contributed by atoms with Gasteiger partial charge >= 0.3 is 0 Å². The summed E-state index contributed by atoms with van der Waals surface area (Å²) in [4.78, 5) is 0. The van der Waals surface area contributed by atoms with Crippen molar-refractivity contribution in [1.82, 2.24) is 0 Å². The monoisotopic (exact) mass is 338 g/mol. The summed E-state index contributed by atoms with van der Waals surface area (Å²) in [6, 6.07) is 0. The minimum absolute atomic E-state index is 1.44. The van der Waals surface area contributed by atoms with Crippen molar-refractivity contribution in [3.8, 4) is 0 Å². The molecule has 0 rings (SSSR count). The van der Waals surface area contributed by atoms with Gasteiger partial charge in [-0.15, -0.1) is 0 Å². The van der Waals surface area contributed by atoms with Crippen LogP contribution in [0.5, 0.6) is 0 Å². The van der Waals surface area contributed by atoms with Crippen molar-refractivity contribution in [3.63, 3.8) is 0 Å². The standard InChI is InChI=1S/C6H12Br2O6/c7-5(13)3(11)1(9)2(10)4(12)6(8)14/h1-6,9-14H/t1-,2-,3-,4+,5?,6?/m0/s1. The lowest BCUT2D eigenvalue weighted by Gasteiger charge is -2.27. The van der Waals surface area contributed by atoms with E-state index in [0.717, 1.165) is 0 Å². The summed E-state index contributed by atoms with van der Waals surface area (Å²) in [5.74, 6) is 0. The van der Waals surface area contributed by atoms with Crippen molar-refractivity contribution in [2.24, 2.45) is 0 Å². The lowest BCUT2D eigenvalue weighted by molar-refractivity contribution is -0.130. The van der Waals surface area contributed by atoms with E-state index in [9.17, 15) is 10.2 Å². The Balaban J connectivity index is 4.30. The third kappa shape index (κ3) is 4.07. The second-order valence-electron chi connectivity index (χ2n) is 2.71. The molecule has 0 bridgehead atoms. The molecule has 0 heterocycles. The highest BCUT2D eigenvalue weighted by Crippen LogP contribution is 2.15. The van der Waals surface area contributed by atoms with E-state index in [1.54, 1.807) is 0 Å². The molecule has 0 aliphatic heterocycles. The Bertz CT molecular complexity index is 148. The van der Waals surface area contributed by atoms with Gasteiger partial charge in [0.15, 0.2) is 0 Å². The Morgan fingerprint density at radius 2 is 0.714 bits per heavy atom. The average molecular weight is 340 g/mol. The number of hydrogen-bond acceptors (Lipinski definition) is 6. The van der Waals surface area contributed by atoms with Crippen LogP contribution in [0.25, 0.3) is 0 Å². The highest BCUT2D eigenvalue weighted by atomic mass is 79.9. The maximum absolute atomic E-state index is 9.19. The number of halogens is 2. The molecule has 0 aromatic carbocycles. The molecule has 8 heteroatoms. The van der Waals surface area contributed by atoms with E-state index >= 15 is 0 Å². The van der Waals surface area contributed by atoms with Gasteiger partial charge in [0.1, 0.15) is 34.4 Å². The second kappa shape index (κ2) is 6.33. The van der Waals surface area contributed by atoms with Gasteiger partial charge in [0.25, 0.3) is 0 Å². The van der Waals surface area contributed by atoms with Gasteiger partial charge in [0.05, 0.1) is 0 Å². The zero-order chi connectivity index (χ0) is 11.5. The largest absolute Gasteiger partial charge is 0.387 e. The first kappa shape index (κ1) is 14.7. The fourth-order valence-electron chi connectivity index (χ4n) is 0.729. The van der Waals surface area contributed by atoms with Gasteiger partial charge in [-0.05, 0) is 0 Å². The molecule has 0 saturated heterocycles. The molecule has 0 saturated carbocycles. The summed E-state index contributed by atoms with van der Waals surface area (Å²) in [5, 5.41) is 51.3. The first-order chi connectivity index (χ1) is 6.29. The molecule has 0 fully saturated rings. The van der Waals surface area contributed by atoms with Crippen molar-refractivity contribution in [2.75, 3.05) is 0 Å². The molecule has 86 valence electrons. The van der Waals surface area contributed by atoms with Crippen LogP contribution in [0.2, 0.25) is 0 Å². The SMILES string of the molecule is OC(Br)[C@@H](O)[C@@H](O)[C@H](O)[C@@H](O)C(O)Br. The van der Waals surface area contributed by atoms with Crippen LogP contribution in [0.4, 0.5) is 0 Å². The summed E-state index contributed by atoms with van der Waals surface area (Å²) in [7, 11) is 0. The molecule has 0 amide bonds. The Morgan fingerprint density at radius 3 is 0.857 bits per heavy atom. The molecule has 0 aromatic heterocycles. The van der Waals surface area contributed by atoms with Gasteiger partial charge in [-0.1, -0.05) is 31.9 Å². The van der Waals surface area contributed by atoms with Gasteiger partial charge in [-0.3, -0.25) is 0 Å². The minimum Gasteiger partial charge on any atom is -0.387 e. The molecular formula is C6H12Br2O6. The van der Waals surface area contributed by atoms with E-state index in [2.05, 4.69) is 31.9 Å². The molecule has 0 aliphatic rings. The van der Waals surface area contributed by atoms with E-state index in [1.165, 1.54) is 0 Å². The number of hydrogen-bond donors (Lipinski definition) is 6. The van der Waals surface area contributed by atoms with Crippen LogP contribution in [0.15, 0.2) is 0 Å². The quantitative estimate of drug-likeness (QED) is 0.318. The number of aliphatic hydroxyl groups is 6. The van der Waals surface area contributed by atoms with E-state index in [4.69, 9.17) is 20.4 Å². The Morgan fingerprint density at radius 1 is 0.500 bits per heavy atom. The van der Waals surface area contributed by atoms with Crippen LogP contribution in [0.3, 0.4) is 0 Å². The second-order valence-corrected chi connectivity index (χ2v) is 4.58. The fraction of sp³-hybridized carbons (Fsp3) is 1.00. The molecule has 6 atom stereocenters. The van der Waals surface area contributed by atoms with Crippen molar-refractivity contribution in [1.29, 1.82) is 0 Å². The molecule has 2 unspecified atom stereocenters. The molecule has 0 radical (unpaired) electrons. The Labute approximate surface area is 97.1 Å². The summed E-state index contributed by atoms with van der Waals surface area (Å²) in [6.07, 6.45) is -6.92. The van der Waals surface area contributed by atoms with E-state index < -0.39 is 34.4 Å². The summed E-state index contributed by atoms with van der Waals surface area (Å²) in [5.41, 5.74) is 0. The lowest BCUT2D eigenvalue weighted by Crippen LogP contribution is -2.50. The van der Waals surface area contributed by atoms with E-state index in [1.807, 2.05) is 0 Å². The lowest BCUT2D eigenvalue weighted by atomic mass is 10.0. The number of aliphatic hydroxyl groups excluding tert-OH is 6.